The summed E-state index contributed by atoms with van der Waals surface area (Å²) in [6.45, 7) is 0. The number of hydrogen-bond acceptors (Lipinski definition) is 3. The van der Waals surface area contributed by atoms with Gasteiger partial charge in [0.2, 0.25) is 0 Å². The highest BCUT2D eigenvalue weighted by Crippen LogP contribution is 2.15. The Bertz CT molecular complexity index is 652. The molecular formula is C15H13N3O3. The first kappa shape index (κ1) is 14.3. The molecule has 2 rings (SSSR count). The summed E-state index contributed by atoms with van der Waals surface area (Å²) in [5.41, 5.74) is 1.42. The van der Waals surface area contributed by atoms with Gasteiger partial charge in [0.05, 0.1) is 4.92 Å². The predicted molar refractivity (Wildman–Crippen MR) is 80.7 cm³/mol. The van der Waals surface area contributed by atoms with E-state index < -0.39 is 11.0 Å². The number of amides is 2. The summed E-state index contributed by atoms with van der Waals surface area (Å²) in [5.74, 6) is 0. The highest BCUT2D eigenvalue weighted by molar-refractivity contribution is 5.90. The van der Waals surface area contributed by atoms with Gasteiger partial charge in [0.1, 0.15) is 0 Å². The topological polar surface area (TPSA) is 84.3 Å². The molecule has 6 heteroatoms. The predicted octanol–water partition coefficient (Wildman–Crippen LogP) is 3.39. The Hall–Kier alpha value is -3.15. The van der Waals surface area contributed by atoms with Gasteiger partial charge in [0, 0.05) is 24.0 Å². The maximum absolute atomic E-state index is 11.6. The van der Waals surface area contributed by atoms with Gasteiger partial charge in [-0.15, -0.1) is 0 Å². The van der Waals surface area contributed by atoms with Crippen molar-refractivity contribution < 1.29 is 9.72 Å². The molecule has 0 aliphatic rings. The van der Waals surface area contributed by atoms with E-state index in [1.807, 2.05) is 30.3 Å². The third-order valence-corrected chi connectivity index (χ3v) is 2.63. The number of anilines is 1. The van der Waals surface area contributed by atoms with Gasteiger partial charge in [-0.2, -0.15) is 0 Å². The van der Waals surface area contributed by atoms with E-state index in [1.54, 1.807) is 6.08 Å². The van der Waals surface area contributed by atoms with Gasteiger partial charge in [-0.25, -0.2) is 4.79 Å². The molecule has 2 aromatic rings. The second-order valence-corrected chi connectivity index (χ2v) is 4.15. The summed E-state index contributed by atoms with van der Waals surface area (Å²) in [6, 6.07) is 14.7. The second-order valence-electron chi connectivity index (χ2n) is 4.15. The highest BCUT2D eigenvalue weighted by atomic mass is 16.6. The molecule has 0 atom stereocenters. The molecular weight excluding hydrogens is 270 g/mol. The number of nitrogens with zero attached hydrogens (tertiary/aromatic N) is 1. The lowest BCUT2D eigenvalue weighted by atomic mass is 10.2. The van der Waals surface area contributed by atoms with Crippen molar-refractivity contribution in [1.82, 2.24) is 5.32 Å². The van der Waals surface area contributed by atoms with Crippen LogP contribution in [0.15, 0.2) is 60.8 Å². The van der Waals surface area contributed by atoms with Crippen LogP contribution in [-0.4, -0.2) is 11.0 Å². The van der Waals surface area contributed by atoms with Crippen molar-refractivity contribution in [2.45, 2.75) is 0 Å². The summed E-state index contributed by atoms with van der Waals surface area (Å²) in [6.07, 6.45) is 3.28. The molecule has 0 saturated heterocycles. The molecule has 0 spiro atoms. The van der Waals surface area contributed by atoms with Crippen LogP contribution in [0.5, 0.6) is 0 Å². The molecule has 2 N–H and O–H groups in total. The van der Waals surface area contributed by atoms with E-state index in [4.69, 9.17) is 0 Å². The Morgan fingerprint density at radius 1 is 1.05 bits per heavy atom. The Kier molecular flexibility index (Phi) is 4.66. The molecule has 2 amide bonds. The van der Waals surface area contributed by atoms with Crippen LogP contribution >= 0.6 is 0 Å². The van der Waals surface area contributed by atoms with E-state index >= 15 is 0 Å². The van der Waals surface area contributed by atoms with Crippen LogP contribution in [0, 0.1) is 10.1 Å². The fraction of sp³-hybridized carbons (Fsp3) is 0. The van der Waals surface area contributed by atoms with Gasteiger partial charge >= 0.3 is 6.03 Å². The highest BCUT2D eigenvalue weighted by Gasteiger charge is 2.05. The number of carbonyl (C=O) groups is 1. The van der Waals surface area contributed by atoms with Crippen molar-refractivity contribution in [3.05, 3.63) is 76.5 Å². The van der Waals surface area contributed by atoms with Crippen molar-refractivity contribution in [2.75, 3.05) is 5.32 Å². The number of non-ortho nitro benzene ring substituents is 1. The van der Waals surface area contributed by atoms with Crippen molar-refractivity contribution in [3.63, 3.8) is 0 Å². The lowest BCUT2D eigenvalue weighted by Gasteiger charge is -2.04. The molecule has 21 heavy (non-hydrogen) atoms. The molecule has 0 unspecified atom stereocenters. The third kappa shape index (κ3) is 4.46. The van der Waals surface area contributed by atoms with Crippen LogP contribution in [0.25, 0.3) is 6.08 Å². The van der Waals surface area contributed by atoms with E-state index in [2.05, 4.69) is 10.6 Å². The van der Waals surface area contributed by atoms with Crippen LogP contribution < -0.4 is 10.6 Å². The van der Waals surface area contributed by atoms with Gasteiger partial charge in [-0.05, 0) is 23.8 Å². The molecule has 0 saturated carbocycles. The van der Waals surface area contributed by atoms with Crippen LogP contribution in [0.1, 0.15) is 5.56 Å². The number of nitro groups is 1. The summed E-state index contributed by atoms with van der Waals surface area (Å²) in [5, 5.41) is 15.6. The molecule has 0 bridgehead atoms. The summed E-state index contributed by atoms with van der Waals surface area (Å²) in [7, 11) is 0. The standard InChI is InChI=1S/C15H13N3O3/c19-15(16-11-10-12-4-2-1-3-5-12)17-13-6-8-14(9-7-13)18(20)21/h1-11H,(H2,16,17,19)/b11-10+. The lowest BCUT2D eigenvalue weighted by molar-refractivity contribution is -0.384. The van der Waals surface area contributed by atoms with Crippen LogP contribution in [0.3, 0.4) is 0 Å². The van der Waals surface area contributed by atoms with E-state index in [0.717, 1.165) is 5.56 Å². The van der Waals surface area contributed by atoms with Gasteiger partial charge in [0.15, 0.2) is 0 Å². The zero-order valence-electron chi connectivity index (χ0n) is 11.0. The maximum Gasteiger partial charge on any atom is 0.323 e. The van der Waals surface area contributed by atoms with E-state index in [0.29, 0.717) is 5.69 Å². The van der Waals surface area contributed by atoms with Gasteiger partial charge in [-0.1, -0.05) is 30.3 Å². The molecule has 0 radical (unpaired) electrons. The third-order valence-electron chi connectivity index (χ3n) is 2.63. The van der Waals surface area contributed by atoms with Crippen LogP contribution in [0.2, 0.25) is 0 Å². The Labute approximate surface area is 121 Å². The molecule has 2 aromatic carbocycles. The lowest BCUT2D eigenvalue weighted by Crippen LogP contribution is -2.23. The summed E-state index contributed by atoms with van der Waals surface area (Å²) in [4.78, 5) is 21.6. The van der Waals surface area contributed by atoms with Crippen molar-refractivity contribution >= 4 is 23.5 Å². The van der Waals surface area contributed by atoms with E-state index in [9.17, 15) is 14.9 Å². The fourth-order valence-corrected chi connectivity index (χ4v) is 1.61. The number of urea groups is 1. The first-order valence-corrected chi connectivity index (χ1v) is 6.19. The zero-order valence-corrected chi connectivity index (χ0v) is 11.0. The molecule has 0 fully saturated rings. The Balaban J connectivity index is 1.87. The molecule has 0 aliphatic carbocycles. The minimum atomic E-state index is -0.494. The quantitative estimate of drug-likeness (QED) is 0.666. The fourth-order valence-electron chi connectivity index (χ4n) is 1.61. The number of nitrogens with one attached hydrogen (secondary N) is 2. The maximum atomic E-state index is 11.6. The van der Waals surface area contributed by atoms with Gasteiger partial charge in [-0.3, -0.25) is 10.1 Å². The van der Waals surface area contributed by atoms with E-state index in [1.165, 1.54) is 30.5 Å². The smallest absolute Gasteiger partial charge is 0.314 e. The molecule has 106 valence electrons. The summed E-state index contributed by atoms with van der Waals surface area (Å²) >= 11 is 0. The molecule has 0 aromatic heterocycles. The minimum absolute atomic E-state index is 0.0232. The SMILES string of the molecule is O=C(N/C=C/c1ccccc1)Nc1ccc([N+](=O)[O-])cc1. The second kappa shape index (κ2) is 6.85. The zero-order chi connectivity index (χ0) is 15.1. The largest absolute Gasteiger partial charge is 0.323 e. The van der Waals surface area contributed by atoms with Crippen molar-refractivity contribution in [2.24, 2.45) is 0 Å². The normalized spacial score (nSPS) is 10.3. The summed E-state index contributed by atoms with van der Waals surface area (Å²) < 4.78 is 0. The van der Waals surface area contributed by atoms with Gasteiger partial charge < -0.3 is 10.6 Å². The first-order chi connectivity index (χ1) is 10.1. The Morgan fingerprint density at radius 3 is 2.33 bits per heavy atom. The molecule has 0 aliphatic heterocycles. The number of nitro benzene ring substituents is 1. The van der Waals surface area contributed by atoms with Crippen LogP contribution in [-0.2, 0) is 0 Å². The average molecular weight is 283 g/mol. The van der Waals surface area contributed by atoms with E-state index in [-0.39, 0.29) is 5.69 Å². The Morgan fingerprint density at radius 2 is 1.71 bits per heavy atom. The molecule has 6 nitrogen and oxygen atoms in total. The number of benzene rings is 2. The first-order valence-electron chi connectivity index (χ1n) is 6.19. The number of carbonyl (C=O) groups excluding carboxylic acids is 1. The monoisotopic (exact) mass is 283 g/mol. The number of hydrogen-bond donors (Lipinski definition) is 2. The number of rotatable bonds is 4. The average Bonchev–Trinajstić information content (AvgIpc) is 2.49. The van der Waals surface area contributed by atoms with Crippen LogP contribution in [0.4, 0.5) is 16.2 Å². The minimum Gasteiger partial charge on any atom is -0.314 e. The van der Waals surface area contributed by atoms with Gasteiger partial charge in [0.25, 0.3) is 5.69 Å². The van der Waals surface area contributed by atoms with Crippen molar-refractivity contribution in [3.8, 4) is 0 Å². The van der Waals surface area contributed by atoms with Crippen molar-refractivity contribution in [1.29, 1.82) is 0 Å². The molecule has 0 heterocycles.